The van der Waals surface area contributed by atoms with Crippen LogP contribution in [0, 0.1) is 6.92 Å². The van der Waals surface area contributed by atoms with Crippen LogP contribution in [-0.4, -0.2) is 16.8 Å². The van der Waals surface area contributed by atoms with Crippen LogP contribution in [0.3, 0.4) is 0 Å². The van der Waals surface area contributed by atoms with Crippen molar-refractivity contribution in [2.75, 3.05) is 0 Å². The number of hydrogen-bond donors (Lipinski definition) is 2. The highest BCUT2D eigenvalue weighted by Gasteiger charge is 2.17. The molecule has 2 amide bonds. The van der Waals surface area contributed by atoms with Gasteiger partial charge in [-0.1, -0.05) is 25.1 Å². The Kier molecular flexibility index (Phi) is 5.25. The van der Waals surface area contributed by atoms with E-state index in [2.05, 4.69) is 22.8 Å². The van der Waals surface area contributed by atoms with Gasteiger partial charge in [-0.15, -0.1) is 22.7 Å². The van der Waals surface area contributed by atoms with Crippen molar-refractivity contribution < 1.29 is 9.59 Å². The fourth-order valence-corrected chi connectivity index (χ4v) is 4.01. The largest absolute Gasteiger partial charge is 0.281 e. The standard InChI is InChI=1S/C18H17N3O2S2/c1-3-12-6-8-13(9-7-12)16(22)20-21-17(23)15-11(2)19-18(25-15)14-5-4-10-24-14/h4-10H,3H2,1-2H3,(H,20,22)(H,21,23). The third-order valence-electron chi connectivity index (χ3n) is 3.65. The molecule has 25 heavy (non-hydrogen) atoms. The highest BCUT2D eigenvalue weighted by molar-refractivity contribution is 7.22. The lowest BCUT2D eigenvalue weighted by Crippen LogP contribution is -2.41. The van der Waals surface area contributed by atoms with Crippen molar-refractivity contribution in [3.8, 4) is 9.88 Å². The first-order valence-corrected chi connectivity index (χ1v) is 9.49. The summed E-state index contributed by atoms with van der Waals surface area (Å²) in [6.07, 6.45) is 0.913. The Bertz CT molecular complexity index is 884. The number of carbonyl (C=O) groups excluding carboxylic acids is 2. The normalized spacial score (nSPS) is 10.5. The maximum Gasteiger partial charge on any atom is 0.281 e. The van der Waals surface area contributed by atoms with Gasteiger partial charge in [-0.3, -0.25) is 20.4 Å². The molecule has 0 atom stereocenters. The zero-order chi connectivity index (χ0) is 17.8. The summed E-state index contributed by atoms with van der Waals surface area (Å²) in [5, 5.41) is 2.77. The Morgan fingerprint density at radius 2 is 1.80 bits per heavy atom. The van der Waals surface area contributed by atoms with Crippen LogP contribution in [0.25, 0.3) is 9.88 Å². The second-order valence-corrected chi connectivity index (χ2v) is 7.32. The molecule has 0 bridgehead atoms. The van der Waals surface area contributed by atoms with Gasteiger partial charge >= 0.3 is 0 Å². The SMILES string of the molecule is CCc1ccc(C(=O)NNC(=O)c2sc(-c3cccs3)nc2C)cc1. The first-order chi connectivity index (χ1) is 12.1. The third-order valence-corrected chi connectivity index (χ3v) is 5.84. The minimum atomic E-state index is -0.365. The van der Waals surface area contributed by atoms with E-state index in [0.717, 1.165) is 21.9 Å². The number of hydrogen-bond acceptors (Lipinski definition) is 5. The van der Waals surface area contributed by atoms with E-state index >= 15 is 0 Å². The number of nitrogens with one attached hydrogen (secondary N) is 2. The first kappa shape index (κ1) is 17.3. The Labute approximate surface area is 153 Å². The fraction of sp³-hybridized carbons (Fsp3) is 0.167. The van der Waals surface area contributed by atoms with Gasteiger partial charge in [0.05, 0.1) is 10.6 Å². The quantitative estimate of drug-likeness (QED) is 0.685. The second kappa shape index (κ2) is 7.58. The summed E-state index contributed by atoms with van der Waals surface area (Å²) in [5.41, 5.74) is 7.21. The van der Waals surface area contributed by atoms with Gasteiger partial charge in [0.2, 0.25) is 0 Å². The smallest absolute Gasteiger partial charge is 0.267 e. The molecule has 0 aliphatic rings. The number of thiazole rings is 1. The number of aromatic nitrogens is 1. The molecule has 7 heteroatoms. The predicted octanol–water partition coefficient (Wildman–Crippen LogP) is 3.82. The summed E-state index contributed by atoms with van der Waals surface area (Å²) >= 11 is 2.89. The van der Waals surface area contributed by atoms with Gasteiger partial charge in [0.15, 0.2) is 0 Å². The van der Waals surface area contributed by atoms with E-state index in [4.69, 9.17) is 0 Å². The number of hydrazine groups is 1. The molecule has 3 aromatic rings. The molecule has 2 heterocycles. The zero-order valence-electron chi connectivity index (χ0n) is 13.8. The van der Waals surface area contributed by atoms with Crippen molar-refractivity contribution in [2.45, 2.75) is 20.3 Å². The van der Waals surface area contributed by atoms with Crippen molar-refractivity contribution in [1.82, 2.24) is 15.8 Å². The van der Waals surface area contributed by atoms with E-state index in [1.165, 1.54) is 11.3 Å². The van der Waals surface area contributed by atoms with Gasteiger partial charge in [0.25, 0.3) is 11.8 Å². The van der Waals surface area contributed by atoms with Crippen LogP contribution >= 0.6 is 22.7 Å². The van der Waals surface area contributed by atoms with Crippen molar-refractivity contribution in [3.05, 3.63) is 63.5 Å². The molecule has 0 spiro atoms. The molecule has 5 nitrogen and oxygen atoms in total. The lowest BCUT2D eigenvalue weighted by molar-refractivity contribution is 0.0848. The van der Waals surface area contributed by atoms with E-state index < -0.39 is 0 Å². The molecule has 0 aliphatic heterocycles. The molecular weight excluding hydrogens is 354 g/mol. The fourth-order valence-electron chi connectivity index (χ4n) is 2.25. The van der Waals surface area contributed by atoms with Crippen LogP contribution in [0.1, 0.15) is 38.2 Å². The Morgan fingerprint density at radius 3 is 2.44 bits per heavy atom. The summed E-state index contributed by atoms with van der Waals surface area (Å²) in [4.78, 5) is 30.4. The van der Waals surface area contributed by atoms with Crippen molar-refractivity contribution in [2.24, 2.45) is 0 Å². The van der Waals surface area contributed by atoms with Gasteiger partial charge in [-0.25, -0.2) is 4.98 Å². The molecule has 1 aromatic carbocycles. The van der Waals surface area contributed by atoms with E-state index in [0.29, 0.717) is 16.1 Å². The van der Waals surface area contributed by atoms with E-state index in [9.17, 15) is 9.59 Å². The second-order valence-electron chi connectivity index (χ2n) is 5.37. The Morgan fingerprint density at radius 1 is 1.08 bits per heavy atom. The van der Waals surface area contributed by atoms with Crippen LogP contribution in [0.5, 0.6) is 0 Å². The Hall–Kier alpha value is -2.51. The molecule has 3 rings (SSSR count). The lowest BCUT2D eigenvalue weighted by Gasteiger charge is -2.07. The average molecular weight is 371 g/mol. The number of benzene rings is 1. The monoisotopic (exact) mass is 371 g/mol. The number of rotatable bonds is 4. The molecule has 0 radical (unpaired) electrons. The molecule has 0 aliphatic carbocycles. The van der Waals surface area contributed by atoms with Crippen LogP contribution < -0.4 is 10.9 Å². The summed E-state index contributed by atoms with van der Waals surface area (Å²) in [5.74, 6) is -0.715. The predicted molar refractivity (Wildman–Crippen MR) is 101 cm³/mol. The number of aryl methyl sites for hydroxylation is 2. The van der Waals surface area contributed by atoms with E-state index in [-0.39, 0.29) is 11.8 Å². The Balaban J connectivity index is 1.65. The van der Waals surface area contributed by atoms with Crippen molar-refractivity contribution in [1.29, 1.82) is 0 Å². The molecular formula is C18H17N3O2S2. The number of carbonyl (C=O) groups is 2. The van der Waals surface area contributed by atoms with Gasteiger partial charge in [-0.2, -0.15) is 0 Å². The van der Waals surface area contributed by atoms with Crippen LogP contribution in [0.15, 0.2) is 41.8 Å². The molecule has 0 unspecified atom stereocenters. The molecule has 2 N–H and O–H groups in total. The highest BCUT2D eigenvalue weighted by Crippen LogP contribution is 2.30. The van der Waals surface area contributed by atoms with Crippen molar-refractivity contribution >= 4 is 34.5 Å². The van der Waals surface area contributed by atoms with Gasteiger partial charge in [-0.05, 0) is 42.5 Å². The zero-order valence-corrected chi connectivity index (χ0v) is 15.5. The lowest BCUT2D eigenvalue weighted by atomic mass is 10.1. The van der Waals surface area contributed by atoms with Crippen molar-refractivity contribution in [3.63, 3.8) is 0 Å². The summed E-state index contributed by atoms with van der Waals surface area (Å²) < 4.78 is 0. The van der Waals surface area contributed by atoms with E-state index in [1.807, 2.05) is 29.6 Å². The minimum absolute atomic E-state index is 0.350. The van der Waals surface area contributed by atoms with E-state index in [1.54, 1.807) is 30.4 Å². The highest BCUT2D eigenvalue weighted by atomic mass is 32.1. The van der Waals surface area contributed by atoms with Crippen LogP contribution in [0.4, 0.5) is 0 Å². The number of thiophene rings is 1. The first-order valence-electron chi connectivity index (χ1n) is 7.79. The van der Waals surface area contributed by atoms with Crippen LogP contribution in [-0.2, 0) is 6.42 Å². The van der Waals surface area contributed by atoms with Gasteiger partial charge < -0.3 is 0 Å². The number of nitrogens with zero attached hydrogens (tertiary/aromatic N) is 1. The number of amides is 2. The molecule has 0 fully saturated rings. The average Bonchev–Trinajstić information content (AvgIpc) is 3.29. The van der Waals surface area contributed by atoms with Gasteiger partial charge in [0, 0.05) is 5.56 Å². The summed E-state index contributed by atoms with van der Waals surface area (Å²) in [6.45, 7) is 3.84. The molecule has 0 saturated carbocycles. The van der Waals surface area contributed by atoms with Gasteiger partial charge in [0.1, 0.15) is 9.88 Å². The molecule has 2 aromatic heterocycles. The maximum absolute atomic E-state index is 12.3. The third kappa shape index (κ3) is 3.94. The maximum atomic E-state index is 12.3. The summed E-state index contributed by atoms with van der Waals surface area (Å²) in [7, 11) is 0. The molecule has 128 valence electrons. The topological polar surface area (TPSA) is 71.1 Å². The molecule has 0 saturated heterocycles. The minimum Gasteiger partial charge on any atom is -0.267 e. The summed E-state index contributed by atoms with van der Waals surface area (Å²) in [6, 6.07) is 11.2. The van der Waals surface area contributed by atoms with Crippen LogP contribution in [0.2, 0.25) is 0 Å².